The summed E-state index contributed by atoms with van der Waals surface area (Å²) in [7, 11) is 0. The van der Waals surface area contributed by atoms with Crippen LogP contribution in [0.4, 0.5) is 0 Å². The minimum Gasteiger partial charge on any atom is -0.394 e. The largest absolute Gasteiger partial charge is 0.394 e. The van der Waals surface area contributed by atoms with Gasteiger partial charge in [0.1, 0.15) is 24.4 Å². The van der Waals surface area contributed by atoms with E-state index in [1.54, 1.807) is 6.92 Å². The lowest BCUT2D eigenvalue weighted by Gasteiger charge is -2.39. The number of carbonyl (C=O) groups excluding carboxylic acids is 1. The van der Waals surface area contributed by atoms with Gasteiger partial charge in [-0.15, -0.1) is 0 Å². The molecule has 0 aromatic carbocycles. The molecule has 2 rings (SSSR count). The summed E-state index contributed by atoms with van der Waals surface area (Å²) in [6.07, 6.45) is -3.56. The molecule has 1 heterocycles. The number of aliphatic hydroxyl groups is 4. The Morgan fingerprint density at radius 3 is 2.65 bits per heavy atom. The van der Waals surface area contributed by atoms with Gasteiger partial charge in [-0.05, 0) is 30.4 Å². The van der Waals surface area contributed by atoms with Gasteiger partial charge in [0.25, 0.3) is 0 Å². The second-order valence-electron chi connectivity index (χ2n) is 6.11. The highest BCUT2D eigenvalue weighted by Gasteiger charge is 2.44. The second kappa shape index (κ2) is 7.65. The number of hydrogen-bond acceptors (Lipinski definition) is 7. The number of ether oxygens (including phenoxy) is 2. The van der Waals surface area contributed by atoms with Gasteiger partial charge >= 0.3 is 0 Å². The van der Waals surface area contributed by atoms with Gasteiger partial charge in [0.05, 0.1) is 13.2 Å². The molecule has 0 amide bonds. The summed E-state index contributed by atoms with van der Waals surface area (Å²) in [4.78, 5) is 11.7. The SMILES string of the molecule is C=C(CO[C@@H]1O[C@H](CO)[C@@H](O)[C@H](O)[C@H]1O)[C@@H]1CC=C(C)C(=O)C1. The van der Waals surface area contributed by atoms with E-state index < -0.39 is 37.3 Å². The Labute approximate surface area is 134 Å². The van der Waals surface area contributed by atoms with Gasteiger partial charge in [0, 0.05) is 6.42 Å². The molecule has 1 aliphatic heterocycles. The van der Waals surface area contributed by atoms with Gasteiger partial charge in [-0.1, -0.05) is 12.7 Å². The molecule has 1 fully saturated rings. The van der Waals surface area contributed by atoms with Crippen LogP contribution in [0.2, 0.25) is 0 Å². The highest BCUT2D eigenvalue weighted by molar-refractivity contribution is 5.95. The Morgan fingerprint density at radius 1 is 1.35 bits per heavy atom. The number of carbonyl (C=O) groups is 1. The van der Waals surface area contributed by atoms with Crippen LogP contribution in [0, 0.1) is 5.92 Å². The molecule has 7 heteroatoms. The maximum Gasteiger partial charge on any atom is 0.187 e. The van der Waals surface area contributed by atoms with Crippen LogP contribution in [0.25, 0.3) is 0 Å². The van der Waals surface area contributed by atoms with Crippen LogP contribution in [-0.2, 0) is 14.3 Å². The van der Waals surface area contributed by atoms with E-state index in [1.807, 2.05) is 6.08 Å². The Balaban J connectivity index is 1.90. The first-order valence-corrected chi connectivity index (χ1v) is 7.65. The van der Waals surface area contributed by atoms with Gasteiger partial charge in [0.2, 0.25) is 0 Å². The highest BCUT2D eigenvalue weighted by Crippen LogP contribution is 2.28. The third kappa shape index (κ3) is 4.06. The lowest BCUT2D eigenvalue weighted by atomic mass is 9.85. The highest BCUT2D eigenvalue weighted by atomic mass is 16.7. The third-order valence-electron chi connectivity index (χ3n) is 4.44. The van der Waals surface area contributed by atoms with Crippen molar-refractivity contribution in [3.63, 3.8) is 0 Å². The van der Waals surface area contributed by atoms with Crippen molar-refractivity contribution in [3.05, 3.63) is 23.8 Å². The zero-order valence-corrected chi connectivity index (χ0v) is 13.1. The first kappa shape index (κ1) is 18.3. The number of allylic oxidation sites excluding steroid dienone is 2. The van der Waals surface area contributed by atoms with Crippen molar-refractivity contribution in [2.45, 2.75) is 50.5 Å². The zero-order valence-electron chi connectivity index (χ0n) is 13.1. The van der Waals surface area contributed by atoms with Crippen molar-refractivity contribution in [1.29, 1.82) is 0 Å². The molecular formula is C16H24O7. The van der Waals surface area contributed by atoms with Crippen LogP contribution in [0.3, 0.4) is 0 Å². The first-order chi connectivity index (χ1) is 10.8. The number of rotatable bonds is 5. The van der Waals surface area contributed by atoms with Crippen LogP contribution in [-0.4, -0.2) is 70.1 Å². The van der Waals surface area contributed by atoms with E-state index >= 15 is 0 Å². The molecule has 0 radical (unpaired) electrons. The maximum atomic E-state index is 11.7. The lowest BCUT2D eigenvalue weighted by molar-refractivity contribution is -0.299. The van der Waals surface area contributed by atoms with E-state index in [0.717, 1.165) is 5.57 Å². The summed E-state index contributed by atoms with van der Waals surface area (Å²) in [5.41, 5.74) is 1.45. The van der Waals surface area contributed by atoms with Crippen LogP contribution in [0.15, 0.2) is 23.8 Å². The second-order valence-corrected chi connectivity index (χ2v) is 6.11. The lowest BCUT2D eigenvalue weighted by Crippen LogP contribution is -2.59. The van der Waals surface area contributed by atoms with Crippen LogP contribution in [0.1, 0.15) is 19.8 Å². The van der Waals surface area contributed by atoms with E-state index in [0.29, 0.717) is 18.4 Å². The number of ketones is 1. The molecule has 0 aromatic rings. The molecule has 7 nitrogen and oxygen atoms in total. The van der Waals surface area contributed by atoms with Crippen molar-refractivity contribution in [3.8, 4) is 0 Å². The average Bonchev–Trinajstić information content (AvgIpc) is 2.54. The normalized spacial score (nSPS) is 38.3. The van der Waals surface area contributed by atoms with Gasteiger partial charge in [0.15, 0.2) is 12.1 Å². The predicted molar refractivity (Wildman–Crippen MR) is 80.3 cm³/mol. The van der Waals surface area contributed by atoms with Crippen molar-refractivity contribution in [2.75, 3.05) is 13.2 Å². The molecule has 0 bridgehead atoms. The Kier molecular flexibility index (Phi) is 6.07. The molecule has 4 N–H and O–H groups in total. The predicted octanol–water partition coefficient (Wildman–Crippen LogP) is -0.716. The summed E-state index contributed by atoms with van der Waals surface area (Å²) in [6.45, 7) is 5.24. The third-order valence-corrected chi connectivity index (χ3v) is 4.44. The van der Waals surface area contributed by atoms with Gasteiger partial charge in [-0.3, -0.25) is 4.79 Å². The molecule has 0 aromatic heterocycles. The Bertz CT molecular complexity index is 485. The van der Waals surface area contributed by atoms with Crippen molar-refractivity contribution < 1.29 is 34.7 Å². The topological polar surface area (TPSA) is 116 Å². The average molecular weight is 328 g/mol. The fourth-order valence-corrected chi connectivity index (χ4v) is 2.72. The molecule has 2 aliphatic rings. The minimum absolute atomic E-state index is 0.0314. The molecule has 1 saturated heterocycles. The van der Waals surface area contributed by atoms with Gasteiger partial charge < -0.3 is 29.9 Å². The Morgan fingerprint density at radius 2 is 2.04 bits per heavy atom. The number of aliphatic hydroxyl groups excluding tert-OH is 4. The molecule has 23 heavy (non-hydrogen) atoms. The first-order valence-electron chi connectivity index (χ1n) is 7.65. The quantitative estimate of drug-likeness (QED) is 0.492. The summed E-state index contributed by atoms with van der Waals surface area (Å²) in [5.74, 6) is 0.0475. The molecule has 1 aliphatic carbocycles. The van der Waals surface area contributed by atoms with E-state index in [4.69, 9.17) is 14.6 Å². The fraction of sp³-hybridized carbons (Fsp3) is 0.688. The van der Waals surface area contributed by atoms with Gasteiger partial charge in [-0.25, -0.2) is 0 Å². The van der Waals surface area contributed by atoms with E-state index in [-0.39, 0.29) is 18.3 Å². The molecule has 130 valence electrons. The van der Waals surface area contributed by atoms with Crippen LogP contribution in [0.5, 0.6) is 0 Å². The Hall–Kier alpha value is -1.09. The monoisotopic (exact) mass is 328 g/mol. The minimum atomic E-state index is -1.47. The molecule has 6 atom stereocenters. The van der Waals surface area contributed by atoms with Crippen LogP contribution >= 0.6 is 0 Å². The summed E-state index contributed by atoms with van der Waals surface area (Å²) in [5, 5.41) is 38.4. The maximum absolute atomic E-state index is 11.7. The van der Waals surface area contributed by atoms with Crippen molar-refractivity contribution in [2.24, 2.45) is 5.92 Å². The summed E-state index contributed by atoms with van der Waals surface area (Å²) < 4.78 is 10.7. The van der Waals surface area contributed by atoms with Crippen molar-refractivity contribution in [1.82, 2.24) is 0 Å². The van der Waals surface area contributed by atoms with Crippen LogP contribution < -0.4 is 0 Å². The smallest absolute Gasteiger partial charge is 0.187 e. The molecular weight excluding hydrogens is 304 g/mol. The molecule has 0 unspecified atom stereocenters. The standard InChI is InChI=1S/C16H24O7/c1-8-3-4-10(5-11(8)18)9(2)7-22-16-15(21)14(20)13(19)12(6-17)23-16/h3,10,12-17,19-21H,2,4-7H2,1H3/t10-,12-,13-,14+,15-,16-/m1/s1. The van der Waals surface area contributed by atoms with E-state index in [9.17, 15) is 20.1 Å². The van der Waals surface area contributed by atoms with Crippen molar-refractivity contribution >= 4 is 5.78 Å². The number of hydrogen-bond donors (Lipinski definition) is 4. The fourth-order valence-electron chi connectivity index (χ4n) is 2.72. The van der Waals surface area contributed by atoms with Gasteiger partial charge in [-0.2, -0.15) is 0 Å². The van der Waals surface area contributed by atoms with E-state index in [1.165, 1.54) is 0 Å². The zero-order chi connectivity index (χ0) is 17.1. The summed E-state index contributed by atoms with van der Waals surface area (Å²) >= 11 is 0. The molecule has 0 saturated carbocycles. The van der Waals surface area contributed by atoms with E-state index in [2.05, 4.69) is 6.58 Å². The molecule has 0 spiro atoms. The number of Topliss-reactive ketones (excluding diaryl/α,β-unsaturated/α-hetero) is 1. The summed E-state index contributed by atoms with van der Waals surface area (Å²) in [6, 6.07) is 0.